The summed E-state index contributed by atoms with van der Waals surface area (Å²) in [4.78, 5) is 26.5. The number of likely N-dealkylation sites (tertiary alicyclic amines) is 1. The van der Waals surface area contributed by atoms with Crippen LogP contribution >= 0.6 is 12.4 Å². The summed E-state index contributed by atoms with van der Waals surface area (Å²) in [5.74, 6) is -0.454. The van der Waals surface area contributed by atoms with E-state index in [0.717, 1.165) is 5.56 Å². The number of halogens is 2. The molecule has 0 aliphatic carbocycles. The average molecular weight is 386 g/mol. The first-order chi connectivity index (χ1) is 11.7. The molecule has 26 heavy (non-hydrogen) atoms. The third kappa shape index (κ3) is 5.95. The molecule has 0 aromatic heterocycles. The average Bonchev–Trinajstić information content (AvgIpc) is 2.59. The van der Waals surface area contributed by atoms with Crippen LogP contribution in [0.2, 0.25) is 0 Å². The zero-order valence-electron chi connectivity index (χ0n) is 15.6. The van der Waals surface area contributed by atoms with E-state index in [1.165, 1.54) is 12.1 Å². The highest BCUT2D eigenvalue weighted by atomic mass is 35.5. The lowest BCUT2D eigenvalue weighted by Crippen LogP contribution is -2.53. The van der Waals surface area contributed by atoms with Crippen LogP contribution in [0.3, 0.4) is 0 Å². The molecule has 1 saturated heterocycles. The number of carbonyl (C=O) groups excluding carboxylic acids is 2. The number of amides is 2. The fraction of sp³-hybridized carbons (Fsp3) is 0.579. The van der Waals surface area contributed by atoms with E-state index < -0.39 is 6.04 Å². The second-order valence-electron chi connectivity index (χ2n) is 7.79. The second kappa shape index (κ2) is 9.33. The Balaban J connectivity index is 0.00000338. The molecule has 0 unspecified atom stereocenters. The quantitative estimate of drug-likeness (QED) is 0.836. The van der Waals surface area contributed by atoms with Gasteiger partial charge in [-0.1, -0.05) is 32.9 Å². The predicted octanol–water partition coefficient (Wildman–Crippen LogP) is 2.48. The fourth-order valence-corrected chi connectivity index (χ4v) is 2.86. The minimum Gasteiger partial charge on any atom is -0.352 e. The monoisotopic (exact) mass is 385 g/mol. The number of hydrogen-bond acceptors (Lipinski definition) is 3. The van der Waals surface area contributed by atoms with Gasteiger partial charge in [-0.2, -0.15) is 0 Å². The topological polar surface area (TPSA) is 75.4 Å². The van der Waals surface area contributed by atoms with E-state index in [-0.39, 0.29) is 41.4 Å². The number of carbonyl (C=O) groups is 2. The van der Waals surface area contributed by atoms with E-state index in [9.17, 15) is 14.0 Å². The second-order valence-corrected chi connectivity index (χ2v) is 7.79. The van der Waals surface area contributed by atoms with Gasteiger partial charge in [0.25, 0.3) is 0 Å². The van der Waals surface area contributed by atoms with Gasteiger partial charge in [-0.3, -0.25) is 9.59 Å². The summed E-state index contributed by atoms with van der Waals surface area (Å²) in [5.41, 5.74) is 6.63. The van der Waals surface area contributed by atoms with Gasteiger partial charge in [0, 0.05) is 25.6 Å². The largest absolute Gasteiger partial charge is 0.352 e. The number of rotatable bonds is 4. The van der Waals surface area contributed by atoms with Crippen molar-refractivity contribution in [1.82, 2.24) is 10.2 Å². The summed E-state index contributed by atoms with van der Waals surface area (Å²) in [5, 5.41) is 2.89. The highest BCUT2D eigenvalue weighted by molar-refractivity contribution is 5.85. The van der Waals surface area contributed by atoms with Crippen molar-refractivity contribution in [2.75, 3.05) is 13.1 Å². The van der Waals surface area contributed by atoms with Gasteiger partial charge in [0.2, 0.25) is 11.8 Å². The summed E-state index contributed by atoms with van der Waals surface area (Å²) in [6, 6.07) is 5.54. The summed E-state index contributed by atoms with van der Waals surface area (Å²) in [7, 11) is 0. The van der Waals surface area contributed by atoms with Crippen LogP contribution in [0.15, 0.2) is 24.3 Å². The van der Waals surface area contributed by atoms with Crippen molar-refractivity contribution >= 4 is 24.2 Å². The van der Waals surface area contributed by atoms with Crippen molar-refractivity contribution < 1.29 is 14.0 Å². The van der Waals surface area contributed by atoms with Crippen LogP contribution in [0.5, 0.6) is 0 Å². The number of nitrogens with one attached hydrogen (secondary N) is 1. The molecule has 2 amide bonds. The Bertz CT molecular complexity index is 608. The Kier molecular flexibility index (Phi) is 8.03. The molecule has 1 atom stereocenters. The van der Waals surface area contributed by atoms with Gasteiger partial charge in [0.15, 0.2) is 0 Å². The molecule has 146 valence electrons. The van der Waals surface area contributed by atoms with Crippen LogP contribution in [-0.4, -0.2) is 35.8 Å². The molecule has 1 aromatic rings. The third-order valence-electron chi connectivity index (χ3n) is 4.76. The van der Waals surface area contributed by atoms with Gasteiger partial charge < -0.3 is 16.0 Å². The molecule has 1 heterocycles. The Morgan fingerprint density at radius 2 is 1.77 bits per heavy atom. The smallest absolute Gasteiger partial charge is 0.240 e. The standard InChI is InChI=1S/C19H28FN3O2.ClH/c1-19(2,3)16(21)18(25)23-10-8-14(9-11-23)17(24)22-12-13-4-6-15(20)7-5-13;/h4-7,14,16H,8-12,21H2,1-3H3,(H,22,24);1H/t16-;/m1./s1. The van der Waals surface area contributed by atoms with Crippen LogP contribution in [-0.2, 0) is 16.1 Å². The Hall–Kier alpha value is -1.66. The highest BCUT2D eigenvalue weighted by Crippen LogP contribution is 2.23. The zero-order chi connectivity index (χ0) is 18.6. The number of nitrogens with two attached hydrogens (primary N) is 1. The molecule has 1 aliphatic heterocycles. The molecule has 2 rings (SSSR count). The van der Waals surface area contributed by atoms with Crippen LogP contribution in [0.1, 0.15) is 39.2 Å². The number of piperidine rings is 1. The van der Waals surface area contributed by atoms with Crippen LogP contribution < -0.4 is 11.1 Å². The molecule has 0 saturated carbocycles. The van der Waals surface area contributed by atoms with E-state index in [4.69, 9.17) is 5.73 Å². The molecule has 1 fully saturated rings. The molecule has 3 N–H and O–H groups in total. The van der Waals surface area contributed by atoms with E-state index in [0.29, 0.717) is 32.5 Å². The van der Waals surface area contributed by atoms with Crippen molar-refractivity contribution in [2.45, 2.75) is 46.2 Å². The minimum atomic E-state index is -0.531. The molecule has 0 spiro atoms. The Morgan fingerprint density at radius 3 is 2.27 bits per heavy atom. The zero-order valence-corrected chi connectivity index (χ0v) is 16.4. The van der Waals surface area contributed by atoms with Gasteiger partial charge in [-0.25, -0.2) is 4.39 Å². The van der Waals surface area contributed by atoms with Crippen LogP contribution in [0, 0.1) is 17.2 Å². The van der Waals surface area contributed by atoms with Crippen molar-refractivity contribution in [3.63, 3.8) is 0 Å². The summed E-state index contributed by atoms with van der Waals surface area (Å²) < 4.78 is 12.9. The molecule has 7 heteroatoms. The maximum Gasteiger partial charge on any atom is 0.240 e. The predicted molar refractivity (Wildman–Crippen MR) is 102 cm³/mol. The first kappa shape index (κ1) is 22.4. The summed E-state index contributed by atoms with van der Waals surface area (Å²) >= 11 is 0. The number of nitrogens with zero attached hydrogens (tertiary/aromatic N) is 1. The van der Waals surface area contributed by atoms with Crippen molar-refractivity contribution in [3.05, 3.63) is 35.6 Å². The third-order valence-corrected chi connectivity index (χ3v) is 4.76. The SMILES string of the molecule is CC(C)(C)[C@H](N)C(=O)N1CCC(C(=O)NCc2ccc(F)cc2)CC1.Cl. The lowest BCUT2D eigenvalue weighted by molar-refractivity contribution is -0.138. The van der Waals surface area contributed by atoms with Crippen molar-refractivity contribution in [1.29, 1.82) is 0 Å². The van der Waals surface area contributed by atoms with Gasteiger partial charge in [-0.15, -0.1) is 12.4 Å². The van der Waals surface area contributed by atoms with Gasteiger partial charge in [0.05, 0.1) is 6.04 Å². The van der Waals surface area contributed by atoms with Crippen LogP contribution in [0.25, 0.3) is 0 Å². The molecular formula is C19H29ClFN3O2. The molecule has 1 aliphatic rings. The lowest BCUT2D eigenvalue weighted by atomic mass is 9.85. The van der Waals surface area contributed by atoms with E-state index >= 15 is 0 Å². The van der Waals surface area contributed by atoms with Crippen LogP contribution in [0.4, 0.5) is 4.39 Å². The molecule has 5 nitrogen and oxygen atoms in total. The van der Waals surface area contributed by atoms with Crippen molar-refractivity contribution in [3.8, 4) is 0 Å². The first-order valence-electron chi connectivity index (χ1n) is 8.75. The molecule has 0 bridgehead atoms. The van der Waals surface area contributed by atoms with Gasteiger partial charge in [0.1, 0.15) is 5.82 Å². The Labute approximate surface area is 160 Å². The Morgan fingerprint density at radius 1 is 1.23 bits per heavy atom. The van der Waals surface area contributed by atoms with Crippen molar-refractivity contribution in [2.24, 2.45) is 17.1 Å². The molecular weight excluding hydrogens is 357 g/mol. The minimum absolute atomic E-state index is 0. The summed E-state index contributed by atoms with van der Waals surface area (Å²) in [6.07, 6.45) is 1.27. The maximum atomic E-state index is 12.9. The maximum absolute atomic E-state index is 12.9. The number of hydrogen-bond donors (Lipinski definition) is 2. The first-order valence-corrected chi connectivity index (χ1v) is 8.75. The van der Waals surface area contributed by atoms with E-state index in [1.807, 2.05) is 20.8 Å². The molecule has 0 radical (unpaired) electrons. The van der Waals surface area contributed by atoms with Gasteiger partial charge in [-0.05, 0) is 36.0 Å². The van der Waals surface area contributed by atoms with Gasteiger partial charge >= 0.3 is 0 Å². The highest BCUT2D eigenvalue weighted by Gasteiger charge is 2.34. The normalized spacial score (nSPS) is 16.6. The fourth-order valence-electron chi connectivity index (χ4n) is 2.86. The summed E-state index contributed by atoms with van der Waals surface area (Å²) in [6.45, 7) is 7.34. The van der Waals surface area contributed by atoms with E-state index in [2.05, 4.69) is 5.32 Å². The number of benzene rings is 1. The lowest BCUT2D eigenvalue weighted by Gasteiger charge is -2.36. The van der Waals surface area contributed by atoms with E-state index in [1.54, 1.807) is 17.0 Å². The molecule has 1 aromatic carbocycles.